The summed E-state index contributed by atoms with van der Waals surface area (Å²) in [6.07, 6.45) is 4.20. The van der Waals surface area contributed by atoms with Crippen LogP contribution < -0.4 is 0 Å². The fourth-order valence-corrected chi connectivity index (χ4v) is 5.76. The first-order chi connectivity index (χ1) is 17.3. The Morgan fingerprint density at radius 2 is 1.47 bits per heavy atom. The highest BCUT2D eigenvalue weighted by Crippen LogP contribution is 2.44. The van der Waals surface area contributed by atoms with Gasteiger partial charge in [0.25, 0.3) is 0 Å². The molecule has 7 nitrogen and oxygen atoms in total. The largest absolute Gasteiger partial charge is 0.481 e. The molecule has 2 aromatic rings. The third-order valence-electron chi connectivity index (χ3n) is 7.87. The van der Waals surface area contributed by atoms with Crippen LogP contribution in [0.15, 0.2) is 48.5 Å². The Morgan fingerprint density at radius 1 is 0.917 bits per heavy atom. The van der Waals surface area contributed by atoms with Gasteiger partial charge in [0.05, 0.1) is 6.42 Å². The van der Waals surface area contributed by atoms with Crippen molar-refractivity contribution in [1.82, 2.24) is 9.80 Å². The Hall–Kier alpha value is -3.35. The number of hydrogen-bond donors (Lipinski definition) is 1. The molecule has 0 saturated heterocycles. The topological polar surface area (TPSA) is 87.2 Å². The number of ether oxygens (including phenoxy) is 1. The number of nitrogens with zero attached hydrogens (tertiary/aromatic N) is 2. The fourth-order valence-electron chi connectivity index (χ4n) is 5.76. The number of likely N-dealkylation sites (N-methyl/N-ethyl adjacent to an activating group) is 2. The maximum Gasteiger partial charge on any atom is 0.410 e. The molecule has 36 heavy (non-hydrogen) atoms. The van der Waals surface area contributed by atoms with Crippen LogP contribution in [0.3, 0.4) is 0 Å². The summed E-state index contributed by atoms with van der Waals surface area (Å²) in [6.45, 7) is 1.91. The Labute approximate surface area is 213 Å². The number of amides is 2. The van der Waals surface area contributed by atoms with E-state index in [2.05, 4.69) is 24.3 Å². The lowest BCUT2D eigenvalue weighted by atomic mass is 9.82. The molecule has 2 aliphatic carbocycles. The van der Waals surface area contributed by atoms with Gasteiger partial charge in [-0.2, -0.15) is 0 Å². The number of benzene rings is 2. The van der Waals surface area contributed by atoms with Gasteiger partial charge < -0.3 is 14.7 Å². The monoisotopic (exact) mass is 492 g/mol. The zero-order valence-electron chi connectivity index (χ0n) is 21.4. The lowest BCUT2D eigenvalue weighted by Crippen LogP contribution is -2.54. The van der Waals surface area contributed by atoms with E-state index in [1.165, 1.54) is 9.80 Å². The van der Waals surface area contributed by atoms with Crippen LogP contribution in [-0.4, -0.2) is 65.7 Å². The molecule has 2 aromatic carbocycles. The molecular formula is C29H36N2O5. The summed E-state index contributed by atoms with van der Waals surface area (Å²) in [6, 6.07) is 15.2. The molecule has 192 valence electrons. The third-order valence-corrected chi connectivity index (χ3v) is 7.87. The number of carboxylic acids is 1. The van der Waals surface area contributed by atoms with Crippen LogP contribution in [0.1, 0.15) is 62.5 Å². The number of carbonyl (C=O) groups excluding carboxylic acids is 2. The van der Waals surface area contributed by atoms with Gasteiger partial charge >= 0.3 is 12.1 Å². The zero-order valence-corrected chi connectivity index (χ0v) is 21.4. The van der Waals surface area contributed by atoms with E-state index in [0.717, 1.165) is 54.4 Å². The van der Waals surface area contributed by atoms with Gasteiger partial charge in [0.15, 0.2) is 0 Å². The molecule has 1 fully saturated rings. The van der Waals surface area contributed by atoms with Crippen LogP contribution in [-0.2, 0) is 14.3 Å². The average Bonchev–Trinajstić information content (AvgIpc) is 3.20. The van der Waals surface area contributed by atoms with Gasteiger partial charge in [0.2, 0.25) is 5.91 Å². The normalized spacial score (nSPS) is 17.0. The molecule has 4 rings (SSSR count). The molecule has 0 spiro atoms. The van der Waals surface area contributed by atoms with Gasteiger partial charge in [0, 0.05) is 26.1 Å². The second-order valence-corrected chi connectivity index (χ2v) is 10.2. The minimum absolute atomic E-state index is 0.0243. The lowest BCUT2D eigenvalue weighted by Gasteiger charge is -2.38. The SMILES string of the molecule is C[C@H](CC(=O)O)N(C)C(=O)[C@H](C1CCCCC1)N(C)C(=O)OCC1c2ccccc2-c2ccccc21. The molecule has 0 unspecified atom stereocenters. The van der Waals surface area contributed by atoms with Crippen molar-refractivity contribution in [3.05, 3.63) is 59.7 Å². The number of carbonyl (C=O) groups is 3. The van der Waals surface area contributed by atoms with Gasteiger partial charge in [-0.3, -0.25) is 14.5 Å². The van der Waals surface area contributed by atoms with Crippen molar-refractivity contribution < 1.29 is 24.2 Å². The standard InChI is InChI=1S/C29H36N2O5/c1-19(17-26(32)33)30(2)28(34)27(20-11-5-4-6-12-20)31(3)29(35)36-18-25-23-15-9-7-13-21(23)22-14-8-10-16-24(22)25/h7-10,13-16,19-20,25,27H,4-6,11-12,17-18H2,1-3H3,(H,32,33)/t19-,27+/m1/s1. The van der Waals surface area contributed by atoms with E-state index in [0.29, 0.717) is 0 Å². The average molecular weight is 493 g/mol. The third kappa shape index (κ3) is 5.25. The molecule has 0 heterocycles. The van der Waals surface area contributed by atoms with Crippen molar-refractivity contribution in [2.24, 2.45) is 5.92 Å². The zero-order chi connectivity index (χ0) is 25.8. The molecule has 1 N–H and O–H groups in total. The van der Waals surface area contributed by atoms with Crippen molar-refractivity contribution in [1.29, 1.82) is 0 Å². The Morgan fingerprint density at radius 3 is 2.03 bits per heavy atom. The van der Waals surface area contributed by atoms with Crippen molar-refractivity contribution >= 4 is 18.0 Å². The molecule has 1 saturated carbocycles. The molecule has 2 atom stereocenters. The van der Waals surface area contributed by atoms with Crippen molar-refractivity contribution in [3.8, 4) is 11.1 Å². The van der Waals surface area contributed by atoms with E-state index in [1.54, 1.807) is 21.0 Å². The van der Waals surface area contributed by atoms with Crippen LogP contribution in [0.2, 0.25) is 0 Å². The van der Waals surface area contributed by atoms with Crippen molar-refractivity contribution in [2.75, 3.05) is 20.7 Å². The molecule has 0 radical (unpaired) electrons. The second kappa shape index (κ2) is 11.1. The predicted octanol–water partition coefficient (Wildman–Crippen LogP) is 5.14. The van der Waals surface area contributed by atoms with Gasteiger partial charge in [-0.05, 0) is 47.9 Å². The van der Waals surface area contributed by atoms with E-state index >= 15 is 0 Å². The minimum atomic E-state index is -0.957. The molecule has 0 aromatic heterocycles. The van der Waals surface area contributed by atoms with E-state index < -0.39 is 24.1 Å². The summed E-state index contributed by atoms with van der Waals surface area (Å²) in [5, 5.41) is 9.19. The first kappa shape index (κ1) is 25.7. The molecule has 2 aliphatic rings. The number of aliphatic carboxylic acids is 1. The number of fused-ring (bicyclic) bond motifs is 3. The van der Waals surface area contributed by atoms with Crippen LogP contribution in [0.5, 0.6) is 0 Å². The Bertz CT molecular complexity index is 1060. The first-order valence-electron chi connectivity index (χ1n) is 12.9. The van der Waals surface area contributed by atoms with Crippen molar-refractivity contribution in [3.63, 3.8) is 0 Å². The highest BCUT2D eigenvalue weighted by molar-refractivity contribution is 5.86. The Kier molecular flexibility index (Phi) is 7.97. The lowest BCUT2D eigenvalue weighted by molar-refractivity contribution is -0.142. The molecule has 7 heteroatoms. The summed E-state index contributed by atoms with van der Waals surface area (Å²) in [4.78, 5) is 41.0. The van der Waals surface area contributed by atoms with Gasteiger partial charge in [-0.25, -0.2) is 4.79 Å². The predicted molar refractivity (Wildman–Crippen MR) is 138 cm³/mol. The summed E-state index contributed by atoms with van der Waals surface area (Å²) < 4.78 is 5.85. The second-order valence-electron chi connectivity index (χ2n) is 10.2. The Balaban J connectivity index is 1.50. The maximum absolute atomic E-state index is 13.6. The van der Waals surface area contributed by atoms with Gasteiger partial charge in [0.1, 0.15) is 12.6 Å². The number of hydrogen-bond acceptors (Lipinski definition) is 4. The molecule has 0 aliphatic heterocycles. The molecular weight excluding hydrogens is 456 g/mol. The highest BCUT2D eigenvalue weighted by Gasteiger charge is 2.39. The first-order valence-corrected chi connectivity index (χ1v) is 12.9. The van der Waals surface area contributed by atoms with E-state index in [-0.39, 0.29) is 30.8 Å². The smallest absolute Gasteiger partial charge is 0.410 e. The molecule has 2 amide bonds. The van der Waals surface area contributed by atoms with Crippen LogP contribution in [0.25, 0.3) is 11.1 Å². The van der Waals surface area contributed by atoms with Gasteiger partial charge in [-0.15, -0.1) is 0 Å². The van der Waals surface area contributed by atoms with E-state index in [1.807, 2.05) is 24.3 Å². The maximum atomic E-state index is 13.6. The van der Waals surface area contributed by atoms with E-state index in [4.69, 9.17) is 4.74 Å². The summed E-state index contributed by atoms with van der Waals surface area (Å²) in [5.41, 5.74) is 4.59. The number of rotatable bonds is 8. The van der Waals surface area contributed by atoms with Crippen LogP contribution in [0.4, 0.5) is 4.79 Å². The van der Waals surface area contributed by atoms with Crippen LogP contribution in [0, 0.1) is 5.92 Å². The van der Waals surface area contributed by atoms with E-state index in [9.17, 15) is 19.5 Å². The summed E-state index contributed by atoms with van der Waals surface area (Å²) in [5.74, 6) is -1.22. The summed E-state index contributed by atoms with van der Waals surface area (Å²) in [7, 11) is 3.25. The fraction of sp³-hybridized carbons (Fsp3) is 0.483. The number of carboxylic acid groups (broad SMARTS) is 1. The quantitative estimate of drug-likeness (QED) is 0.552. The van der Waals surface area contributed by atoms with Crippen LogP contribution >= 0.6 is 0 Å². The summed E-state index contributed by atoms with van der Waals surface area (Å²) >= 11 is 0. The van der Waals surface area contributed by atoms with Crippen molar-refractivity contribution in [2.45, 2.75) is 63.5 Å². The molecule has 0 bridgehead atoms. The minimum Gasteiger partial charge on any atom is -0.481 e. The van der Waals surface area contributed by atoms with Gasteiger partial charge in [-0.1, -0.05) is 67.8 Å². The highest BCUT2D eigenvalue weighted by atomic mass is 16.6.